The highest BCUT2D eigenvalue weighted by Gasteiger charge is 2.44. The van der Waals surface area contributed by atoms with Crippen molar-refractivity contribution in [2.75, 3.05) is 18.0 Å². The van der Waals surface area contributed by atoms with E-state index in [1.54, 1.807) is 24.3 Å². The lowest BCUT2D eigenvalue weighted by atomic mass is 10.0. The summed E-state index contributed by atoms with van der Waals surface area (Å²) < 4.78 is 36.2. The fourth-order valence-electron chi connectivity index (χ4n) is 4.13. The van der Waals surface area contributed by atoms with Crippen LogP contribution in [-0.2, 0) is 14.9 Å². The molecule has 1 saturated heterocycles. The molecule has 0 aliphatic carbocycles. The second kappa shape index (κ2) is 9.00. The average Bonchev–Trinajstić information content (AvgIpc) is 3.39. The van der Waals surface area contributed by atoms with Gasteiger partial charge in [-0.3, -0.25) is 9.36 Å². The van der Waals surface area contributed by atoms with Crippen molar-refractivity contribution in [2.24, 2.45) is 0 Å². The number of anilines is 2. The number of amides is 1. The minimum Gasteiger partial charge on any atom is -0.398 e. The minimum atomic E-state index is -4.36. The maximum atomic E-state index is 12.6. The zero-order valence-corrected chi connectivity index (χ0v) is 19.5. The third-order valence-electron chi connectivity index (χ3n) is 5.97. The number of hydrogen-bond acceptors (Lipinski definition) is 10. The van der Waals surface area contributed by atoms with Crippen LogP contribution in [0.15, 0.2) is 55.0 Å². The van der Waals surface area contributed by atoms with Gasteiger partial charge >= 0.3 is 10.2 Å². The monoisotopic (exact) mass is 513 g/mol. The van der Waals surface area contributed by atoms with Gasteiger partial charge in [-0.1, -0.05) is 24.3 Å². The molecule has 188 valence electrons. The van der Waals surface area contributed by atoms with Gasteiger partial charge in [0.05, 0.1) is 17.6 Å². The van der Waals surface area contributed by atoms with Crippen molar-refractivity contribution in [2.45, 2.75) is 24.5 Å². The van der Waals surface area contributed by atoms with Crippen LogP contribution in [0, 0.1) is 0 Å². The number of pyridine rings is 1. The molecule has 36 heavy (non-hydrogen) atoms. The van der Waals surface area contributed by atoms with Crippen molar-refractivity contribution in [3.8, 4) is 0 Å². The number of nitrogens with one attached hydrogen (secondary N) is 2. The number of hydrogen-bond donors (Lipinski definition) is 6. The van der Waals surface area contributed by atoms with Crippen LogP contribution in [0.2, 0.25) is 0 Å². The molecule has 1 amide bonds. The molecule has 0 saturated carbocycles. The number of ether oxygens (including phenoxy) is 1. The van der Waals surface area contributed by atoms with E-state index >= 15 is 0 Å². The number of nitrogen functional groups attached to an aromatic ring is 2. The standard InChI is InChI=1S/C22H23N7O6S/c23-14-5-6-25-20-17(14)26-10-29(20)22-19(31)18(30)16(35-22)9-27-36(33,34)28-21(32)13-7-11-3-1-2-4-12(11)8-15(13)24/h1-8,10,16,18-19,22,27,30-31H,9,24H2,(H2,23,25)(H,28,32)/t16-,18-,19-,22-/m1/s1. The molecule has 5 rings (SSSR count). The van der Waals surface area contributed by atoms with E-state index in [2.05, 4.69) is 14.7 Å². The van der Waals surface area contributed by atoms with Gasteiger partial charge in [-0.25, -0.2) is 14.7 Å². The Morgan fingerprint density at radius 2 is 1.78 bits per heavy atom. The summed E-state index contributed by atoms with van der Waals surface area (Å²) in [6, 6.07) is 11.8. The lowest BCUT2D eigenvalue weighted by Gasteiger charge is -2.17. The lowest BCUT2D eigenvalue weighted by molar-refractivity contribution is -0.0330. The van der Waals surface area contributed by atoms with Crippen molar-refractivity contribution < 1.29 is 28.2 Å². The number of aliphatic hydroxyl groups is 2. The van der Waals surface area contributed by atoms with Gasteiger partial charge in [-0.15, -0.1) is 0 Å². The van der Waals surface area contributed by atoms with Crippen molar-refractivity contribution in [3.63, 3.8) is 0 Å². The molecule has 0 unspecified atom stereocenters. The van der Waals surface area contributed by atoms with Gasteiger partial charge < -0.3 is 26.4 Å². The van der Waals surface area contributed by atoms with Gasteiger partial charge in [0.2, 0.25) is 0 Å². The van der Waals surface area contributed by atoms with Gasteiger partial charge in [-0.05, 0) is 29.0 Å². The third kappa shape index (κ3) is 4.31. The molecule has 1 aliphatic rings. The van der Waals surface area contributed by atoms with E-state index in [1.165, 1.54) is 23.2 Å². The van der Waals surface area contributed by atoms with E-state index in [1.807, 2.05) is 16.9 Å². The average molecular weight is 514 g/mol. The SMILES string of the molecule is Nc1cc2ccccc2cc1C(=O)NS(=O)(=O)NC[C@H]1O[C@@H](n2cnc3c(N)ccnc32)[C@H](O)[C@@H]1O. The van der Waals surface area contributed by atoms with Crippen molar-refractivity contribution in [1.82, 2.24) is 24.0 Å². The highest BCUT2D eigenvalue weighted by atomic mass is 32.2. The molecule has 1 aliphatic heterocycles. The van der Waals surface area contributed by atoms with Crippen molar-refractivity contribution >= 4 is 49.4 Å². The van der Waals surface area contributed by atoms with Crippen LogP contribution in [0.5, 0.6) is 0 Å². The summed E-state index contributed by atoms with van der Waals surface area (Å²) in [5.74, 6) is -0.926. The number of carbonyl (C=O) groups is 1. The lowest BCUT2D eigenvalue weighted by Crippen LogP contribution is -2.45. The Kier molecular flexibility index (Phi) is 5.97. The Bertz CT molecular complexity index is 1570. The van der Waals surface area contributed by atoms with E-state index in [0.29, 0.717) is 22.2 Å². The summed E-state index contributed by atoms with van der Waals surface area (Å²) in [5, 5.41) is 22.5. The second-order valence-corrected chi connectivity index (χ2v) is 9.84. The highest BCUT2D eigenvalue weighted by molar-refractivity contribution is 7.88. The first-order chi connectivity index (χ1) is 17.1. The van der Waals surface area contributed by atoms with Crippen LogP contribution >= 0.6 is 0 Å². The van der Waals surface area contributed by atoms with Crippen LogP contribution in [0.4, 0.5) is 11.4 Å². The number of nitrogens with two attached hydrogens (primary N) is 2. The summed E-state index contributed by atoms with van der Waals surface area (Å²) >= 11 is 0. The van der Waals surface area contributed by atoms with Gasteiger partial charge in [-0.2, -0.15) is 13.1 Å². The smallest absolute Gasteiger partial charge is 0.301 e. The molecule has 4 atom stereocenters. The highest BCUT2D eigenvalue weighted by Crippen LogP contribution is 2.32. The maximum Gasteiger partial charge on any atom is 0.301 e. The Balaban J connectivity index is 1.27. The number of nitrogens with zero attached hydrogens (tertiary/aromatic N) is 3. The minimum absolute atomic E-state index is 0.00882. The van der Waals surface area contributed by atoms with Gasteiger partial charge in [0.25, 0.3) is 5.91 Å². The zero-order chi connectivity index (χ0) is 25.6. The van der Waals surface area contributed by atoms with Gasteiger partial charge in [0.15, 0.2) is 11.9 Å². The molecule has 8 N–H and O–H groups in total. The number of aliphatic hydroxyl groups excluding tert-OH is 2. The molecule has 0 bridgehead atoms. The molecule has 14 heteroatoms. The Labute approximate surface area is 204 Å². The Morgan fingerprint density at radius 1 is 1.06 bits per heavy atom. The molecule has 4 aromatic rings. The summed E-state index contributed by atoms with van der Waals surface area (Å²) in [5.41, 5.74) is 13.0. The van der Waals surface area contributed by atoms with E-state index in [0.717, 1.165) is 5.39 Å². The van der Waals surface area contributed by atoms with E-state index in [9.17, 15) is 23.4 Å². The molecule has 1 fully saturated rings. The Hall–Kier alpha value is -3.82. The quantitative estimate of drug-likeness (QED) is 0.184. The number of carbonyl (C=O) groups excluding carboxylic acids is 1. The molecule has 13 nitrogen and oxygen atoms in total. The molecule has 0 radical (unpaired) electrons. The Morgan fingerprint density at radius 3 is 2.53 bits per heavy atom. The van der Waals surface area contributed by atoms with E-state index < -0.39 is 47.2 Å². The first-order valence-corrected chi connectivity index (χ1v) is 12.3. The fraction of sp³-hybridized carbons (Fsp3) is 0.227. The van der Waals surface area contributed by atoms with E-state index in [-0.39, 0.29) is 11.3 Å². The van der Waals surface area contributed by atoms with Crippen molar-refractivity contribution in [3.05, 3.63) is 60.6 Å². The number of benzene rings is 2. The van der Waals surface area contributed by atoms with Crippen LogP contribution < -0.4 is 20.9 Å². The summed E-state index contributed by atoms with van der Waals surface area (Å²) in [4.78, 5) is 21.0. The van der Waals surface area contributed by atoms with Gasteiger partial charge in [0, 0.05) is 18.4 Å². The summed E-state index contributed by atoms with van der Waals surface area (Å²) in [6.45, 7) is -0.438. The topological polar surface area (TPSA) is 208 Å². The molecule has 2 aromatic carbocycles. The number of imidazole rings is 1. The fourth-order valence-corrected chi connectivity index (χ4v) is 4.94. The normalized spacial score (nSPS) is 22.3. The second-order valence-electron chi connectivity index (χ2n) is 8.34. The third-order valence-corrected chi connectivity index (χ3v) is 6.97. The van der Waals surface area contributed by atoms with Crippen LogP contribution in [0.25, 0.3) is 21.9 Å². The van der Waals surface area contributed by atoms with E-state index in [4.69, 9.17) is 16.2 Å². The predicted octanol–water partition coefficient (Wildman–Crippen LogP) is -0.367. The number of rotatable bonds is 6. The largest absolute Gasteiger partial charge is 0.398 e. The molecule has 3 heterocycles. The summed E-state index contributed by atoms with van der Waals surface area (Å²) in [6.07, 6.45) is -2.27. The number of aromatic nitrogens is 3. The first-order valence-electron chi connectivity index (χ1n) is 10.8. The maximum absolute atomic E-state index is 12.6. The predicted molar refractivity (Wildman–Crippen MR) is 131 cm³/mol. The first kappa shape index (κ1) is 23.9. The number of fused-ring (bicyclic) bond motifs is 2. The zero-order valence-electron chi connectivity index (χ0n) is 18.6. The van der Waals surface area contributed by atoms with Gasteiger partial charge in [0.1, 0.15) is 23.8 Å². The van der Waals surface area contributed by atoms with Crippen molar-refractivity contribution in [1.29, 1.82) is 0 Å². The molecule has 2 aromatic heterocycles. The molecular weight excluding hydrogens is 490 g/mol. The molecular formula is C22H23N7O6S. The van der Waals surface area contributed by atoms with Crippen LogP contribution in [0.1, 0.15) is 16.6 Å². The summed E-state index contributed by atoms with van der Waals surface area (Å²) in [7, 11) is -4.36. The van der Waals surface area contributed by atoms with Crippen LogP contribution in [-0.4, -0.2) is 63.9 Å². The molecule has 0 spiro atoms. The van der Waals surface area contributed by atoms with Crippen LogP contribution in [0.3, 0.4) is 0 Å².